The van der Waals surface area contributed by atoms with Crippen molar-refractivity contribution in [3.63, 3.8) is 0 Å². The Balaban J connectivity index is 2.77. The van der Waals surface area contributed by atoms with Crippen molar-refractivity contribution in [1.29, 1.82) is 0 Å². The fourth-order valence-corrected chi connectivity index (χ4v) is 1.48. The first kappa shape index (κ1) is 9.30. The van der Waals surface area contributed by atoms with Gasteiger partial charge in [0.05, 0.1) is 6.04 Å². The molecule has 0 aromatic heterocycles. The molecule has 1 rings (SSSR count). The van der Waals surface area contributed by atoms with Gasteiger partial charge in [0.2, 0.25) is 0 Å². The van der Waals surface area contributed by atoms with E-state index in [0.29, 0.717) is 17.9 Å². The maximum atomic E-state index is 4.41. The van der Waals surface area contributed by atoms with Crippen LogP contribution < -0.4 is 5.32 Å². The molecule has 1 aliphatic rings. The van der Waals surface area contributed by atoms with Crippen LogP contribution in [0.1, 0.15) is 27.7 Å². The fraction of sp³-hybridized carbons (Fsp3) is 0.700. The summed E-state index contributed by atoms with van der Waals surface area (Å²) in [6.45, 7) is 8.81. The Morgan fingerprint density at radius 1 is 1.33 bits per heavy atom. The number of rotatable bonds is 2. The third-order valence-electron chi connectivity index (χ3n) is 2.15. The first-order chi connectivity index (χ1) is 5.63. The summed E-state index contributed by atoms with van der Waals surface area (Å²) in [6, 6.07) is 0.426. The molecule has 1 unspecified atom stereocenters. The van der Waals surface area contributed by atoms with Gasteiger partial charge >= 0.3 is 0 Å². The van der Waals surface area contributed by atoms with E-state index in [1.165, 1.54) is 5.71 Å². The van der Waals surface area contributed by atoms with Crippen LogP contribution in [0.2, 0.25) is 0 Å². The predicted molar refractivity (Wildman–Crippen MR) is 53.2 cm³/mol. The third-order valence-corrected chi connectivity index (χ3v) is 2.15. The molecule has 0 radical (unpaired) electrons. The maximum Gasteiger partial charge on any atom is 0.0666 e. The van der Waals surface area contributed by atoms with Gasteiger partial charge in [-0.05, 0) is 11.8 Å². The Labute approximate surface area is 74.8 Å². The van der Waals surface area contributed by atoms with E-state index < -0.39 is 0 Å². The Kier molecular flexibility index (Phi) is 2.90. The van der Waals surface area contributed by atoms with Gasteiger partial charge in [0.25, 0.3) is 0 Å². The van der Waals surface area contributed by atoms with E-state index in [1.54, 1.807) is 0 Å². The molecule has 2 nitrogen and oxygen atoms in total. The summed E-state index contributed by atoms with van der Waals surface area (Å²) in [5.74, 6) is 1.14. The highest BCUT2D eigenvalue weighted by atomic mass is 15.0. The Bertz CT molecular complexity index is 202. The molecule has 0 aliphatic carbocycles. The second-order valence-electron chi connectivity index (χ2n) is 3.91. The summed E-state index contributed by atoms with van der Waals surface area (Å²) in [7, 11) is 0. The summed E-state index contributed by atoms with van der Waals surface area (Å²) >= 11 is 0. The van der Waals surface area contributed by atoms with Gasteiger partial charge in [0.15, 0.2) is 0 Å². The van der Waals surface area contributed by atoms with Crippen LogP contribution in [0.5, 0.6) is 0 Å². The third kappa shape index (κ3) is 1.87. The summed E-state index contributed by atoms with van der Waals surface area (Å²) in [5, 5.41) is 3.34. The molecule has 0 amide bonds. The van der Waals surface area contributed by atoms with E-state index in [2.05, 4.69) is 38.0 Å². The average molecular weight is 166 g/mol. The lowest BCUT2D eigenvalue weighted by molar-refractivity contribution is 0.518. The van der Waals surface area contributed by atoms with Gasteiger partial charge in [-0.15, -0.1) is 0 Å². The van der Waals surface area contributed by atoms with Crippen LogP contribution in [-0.4, -0.2) is 11.8 Å². The second kappa shape index (κ2) is 3.74. The van der Waals surface area contributed by atoms with Crippen LogP contribution in [-0.2, 0) is 0 Å². The van der Waals surface area contributed by atoms with Crippen molar-refractivity contribution in [3.05, 3.63) is 12.4 Å². The van der Waals surface area contributed by atoms with Gasteiger partial charge in [-0.1, -0.05) is 27.7 Å². The van der Waals surface area contributed by atoms with Crippen LogP contribution in [0, 0.1) is 11.8 Å². The molecule has 0 bridgehead atoms. The molecule has 0 fully saturated rings. The number of nitrogens with one attached hydrogen (secondary N) is 1. The van der Waals surface area contributed by atoms with Gasteiger partial charge in [-0.3, -0.25) is 4.99 Å². The van der Waals surface area contributed by atoms with Crippen molar-refractivity contribution in [2.75, 3.05) is 0 Å². The molecule has 1 N–H and O–H groups in total. The first-order valence-electron chi connectivity index (χ1n) is 4.61. The molecule has 0 saturated carbocycles. The average Bonchev–Trinajstić information content (AvgIpc) is 2.04. The summed E-state index contributed by atoms with van der Waals surface area (Å²) in [6.07, 6.45) is 3.77. The summed E-state index contributed by atoms with van der Waals surface area (Å²) in [4.78, 5) is 4.41. The Morgan fingerprint density at radius 3 is 2.42 bits per heavy atom. The zero-order valence-corrected chi connectivity index (χ0v) is 8.33. The van der Waals surface area contributed by atoms with Crippen molar-refractivity contribution in [3.8, 4) is 0 Å². The Morgan fingerprint density at radius 2 is 2.00 bits per heavy atom. The molecular weight excluding hydrogens is 148 g/mol. The highest BCUT2D eigenvalue weighted by Gasteiger charge is 2.21. The van der Waals surface area contributed by atoms with Crippen LogP contribution in [0.4, 0.5) is 0 Å². The van der Waals surface area contributed by atoms with Crippen molar-refractivity contribution >= 4 is 5.71 Å². The van der Waals surface area contributed by atoms with E-state index in [4.69, 9.17) is 0 Å². The highest BCUT2D eigenvalue weighted by molar-refractivity contribution is 5.92. The van der Waals surface area contributed by atoms with E-state index >= 15 is 0 Å². The number of hydrogen-bond donors (Lipinski definition) is 1. The number of hydrogen-bond acceptors (Lipinski definition) is 2. The molecule has 0 aromatic rings. The first-order valence-corrected chi connectivity index (χ1v) is 4.61. The van der Waals surface area contributed by atoms with E-state index in [9.17, 15) is 0 Å². The van der Waals surface area contributed by atoms with Gasteiger partial charge < -0.3 is 5.32 Å². The molecule has 0 saturated heterocycles. The van der Waals surface area contributed by atoms with E-state index in [-0.39, 0.29) is 0 Å². The topological polar surface area (TPSA) is 24.4 Å². The van der Waals surface area contributed by atoms with Gasteiger partial charge in [0.1, 0.15) is 0 Å². The maximum absolute atomic E-state index is 4.41. The summed E-state index contributed by atoms with van der Waals surface area (Å²) < 4.78 is 0. The molecule has 12 heavy (non-hydrogen) atoms. The largest absolute Gasteiger partial charge is 0.381 e. The smallest absolute Gasteiger partial charge is 0.0666 e. The van der Waals surface area contributed by atoms with Crippen LogP contribution in [0.25, 0.3) is 0 Å². The minimum absolute atomic E-state index is 0.426. The van der Waals surface area contributed by atoms with Gasteiger partial charge in [-0.2, -0.15) is 0 Å². The molecule has 0 aromatic carbocycles. The van der Waals surface area contributed by atoms with Crippen molar-refractivity contribution in [2.24, 2.45) is 16.8 Å². The second-order valence-corrected chi connectivity index (χ2v) is 3.91. The fourth-order valence-electron chi connectivity index (χ4n) is 1.48. The van der Waals surface area contributed by atoms with Crippen LogP contribution in [0.3, 0.4) is 0 Å². The SMILES string of the molecule is CC(C)C1=NC=CNC1C(C)C. The molecule has 0 spiro atoms. The molecule has 1 aliphatic heterocycles. The quantitative estimate of drug-likeness (QED) is 0.668. The molecule has 1 heterocycles. The number of nitrogens with zero attached hydrogens (tertiary/aromatic N) is 1. The van der Waals surface area contributed by atoms with Crippen LogP contribution in [0.15, 0.2) is 17.4 Å². The normalized spacial score (nSPS) is 22.8. The monoisotopic (exact) mass is 166 g/mol. The lowest BCUT2D eigenvalue weighted by atomic mass is 9.91. The van der Waals surface area contributed by atoms with Gasteiger partial charge in [-0.25, -0.2) is 0 Å². The zero-order valence-electron chi connectivity index (χ0n) is 8.33. The van der Waals surface area contributed by atoms with E-state index in [0.717, 1.165) is 0 Å². The molecular formula is C10H18N2. The molecule has 68 valence electrons. The van der Waals surface area contributed by atoms with Gasteiger partial charge in [0, 0.05) is 18.1 Å². The molecule has 1 atom stereocenters. The van der Waals surface area contributed by atoms with E-state index in [1.807, 2.05) is 12.4 Å². The zero-order chi connectivity index (χ0) is 9.14. The van der Waals surface area contributed by atoms with Crippen molar-refractivity contribution < 1.29 is 0 Å². The predicted octanol–water partition coefficient (Wildman–Crippen LogP) is 2.18. The Hall–Kier alpha value is -0.790. The lowest BCUT2D eigenvalue weighted by Crippen LogP contribution is -2.41. The number of aliphatic imine (C=N–C) groups is 1. The lowest BCUT2D eigenvalue weighted by Gasteiger charge is -2.27. The van der Waals surface area contributed by atoms with Crippen molar-refractivity contribution in [2.45, 2.75) is 33.7 Å². The molecule has 2 heteroatoms. The highest BCUT2D eigenvalue weighted by Crippen LogP contribution is 2.13. The van der Waals surface area contributed by atoms with Crippen LogP contribution >= 0.6 is 0 Å². The minimum atomic E-state index is 0.426. The minimum Gasteiger partial charge on any atom is -0.381 e. The summed E-state index contributed by atoms with van der Waals surface area (Å²) in [5.41, 5.74) is 1.27. The standard InChI is InChI=1S/C10H18N2/c1-7(2)9-10(8(3)4)12-6-5-11-9/h5-9,11H,1-4H3. The van der Waals surface area contributed by atoms with Crippen molar-refractivity contribution in [1.82, 2.24) is 5.32 Å².